The van der Waals surface area contributed by atoms with Crippen LogP contribution in [-0.4, -0.2) is 30.6 Å². The molecule has 0 aliphatic heterocycles. The molecule has 0 atom stereocenters. The molecule has 0 aromatic heterocycles. The van der Waals surface area contributed by atoms with Gasteiger partial charge in [0.1, 0.15) is 6.61 Å². The smallest absolute Gasteiger partial charge is 0.311 e. The van der Waals surface area contributed by atoms with Crippen LogP contribution in [0.4, 0.5) is 0 Å². The predicted molar refractivity (Wildman–Crippen MR) is 51.6 cm³/mol. The van der Waals surface area contributed by atoms with Crippen molar-refractivity contribution < 1.29 is 19.4 Å². The Labute approximate surface area is 83.6 Å². The molecule has 0 heterocycles. The molecule has 0 bridgehead atoms. The Kier molecular flexibility index (Phi) is 4.50. The van der Waals surface area contributed by atoms with Gasteiger partial charge in [0.2, 0.25) is 0 Å². The first-order chi connectivity index (χ1) is 6.35. The zero-order valence-electron chi connectivity index (χ0n) is 8.79. The molecule has 4 heteroatoms. The van der Waals surface area contributed by atoms with Crippen molar-refractivity contribution in [3.05, 3.63) is 12.2 Å². The number of hydrogen-bond donors (Lipinski definition) is 1. The van der Waals surface area contributed by atoms with Crippen LogP contribution < -0.4 is 0 Å². The molecule has 0 aromatic rings. The Balaban J connectivity index is 4.44. The summed E-state index contributed by atoms with van der Waals surface area (Å²) in [5.74, 6) is -0.841. The van der Waals surface area contributed by atoms with Crippen molar-refractivity contribution in [3.63, 3.8) is 0 Å². The molecular formula is C10H16O4. The van der Waals surface area contributed by atoms with Gasteiger partial charge in [-0.3, -0.25) is 9.59 Å². The van der Waals surface area contributed by atoms with Crippen molar-refractivity contribution in [3.8, 4) is 0 Å². The van der Waals surface area contributed by atoms with E-state index in [2.05, 4.69) is 11.3 Å². The fraction of sp³-hybridized carbons (Fsp3) is 0.600. The number of carbonyl (C=O) groups excluding carboxylic acids is 2. The molecule has 0 radical (unpaired) electrons. The van der Waals surface area contributed by atoms with Gasteiger partial charge in [-0.05, 0) is 25.8 Å². The highest BCUT2D eigenvalue weighted by atomic mass is 16.5. The second-order valence-electron chi connectivity index (χ2n) is 3.74. The van der Waals surface area contributed by atoms with Crippen molar-refractivity contribution in [2.24, 2.45) is 5.41 Å². The maximum Gasteiger partial charge on any atom is 0.311 e. The average molecular weight is 200 g/mol. The van der Waals surface area contributed by atoms with Crippen LogP contribution in [0.15, 0.2) is 12.2 Å². The molecule has 0 saturated heterocycles. The van der Waals surface area contributed by atoms with Crippen LogP contribution in [0.3, 0.4) is 0 Å². The molecule has 0 amide bonds. The van der Waals surface area contributed by atoms with E-state index in [9.17, 15) is 9.59 Å². The van der Waals surface area contributed by atoms with Crippen LogP contribution in [0.2, 0.25) is 0 Å². The van der Waals surface area contributed by atoms with Crippen LogP contribution in [0, 0.1) is 5.41 Å². The van der Waals surface area contributed by atoms with Gasteiger partial charge in [0, 0.05) is 0 Å². The molecule has 0 spiro atoms. The molecule has 0 rings (SSSR count). The second kappa shape index (κ2) is 4.91. The Bertz CT molecular complexity index is 253. The second-order valence-corrected chi connectivity index (χ2v) is 3.74. The minimum atomic E-state index is -0.781. The van der Waals surface area contributed by atoms with E-state index in [0.29, 0.717) is 0 Å². The summed E-state index contributed by atoms with van der Waals surface area (Å²) in [5, 5.41) is 8.57. The van der Waals surface area contributed by atoms with E-state index in [-0.39, 0.29) is 12.0 Å². The van der Waals surface area contributed by atoms with E-state index in [0.717, 1.165) is 0 Å². The molecule has 4 nitrogen and oxygen atoms in total. The lowest BCUT2D eigenvalue weighted by molar-refractivity contribution is -0.150. The molecule has 0 aromatic carbocycles. The molecule has 14 heavy (non-hydrogen) atoms. The van der Waals surface area contributed by atoms with Crippen LogP contribution in [-0.2, 0) is 14.3 Å². The number of ether oxygens (including phenoxy) is 1. The standard InChI is InChI=1S/C10H16O4/c1-7(8(12)6-11)5-10(2,3)9(13)14-4/h11H,1,5-6H2,2-4H3. The number of esters is 1. The molecule has 80 valence electrons. The van der Waals surface area contributed by atoms with Crippen LogP contribution >= 0.6 is 0 Å². The maximum absolute atomic E-state index is 11.2. The number of Topliss-reactive ketones (excluding diaryl/α,β-unsaturated/α-hetero) is 1. The summed E-state index contributed by atoms with van der Waals surface area (Å²) in [6, 6.07) is 0. The summed E-state index contributed by atoms with van der Waals surface area (Å²) in [4.78, 5) is 22.2. The molecule has 1 N–H and O–H groups in total. The Morgan fingerprint density at radius 1 is 1.43 bits per heavy atom. The minimum absolute atomic E-state index is 0.194. The SMILES string of the molecule is C=C(CC(C)(C)C(=O)OC)C(=O)CO. The zero-order chi connectivity index (χ0) is 11.4. The van der Waals surface area contributed by atoms with Crippen molar-refractivity contribution >= 4 is 11.8 Å². The summed E-state index contributed by atoms with van der Waals surface area (Å²) in [6.07, 6.45) is 0.194. The Morgan fingerprint density at radius 3 is 2.29 bits per heavy atom. The van der Waals surface area contributed by atoms with Gasteiger partial charge in [0.25, 0.3) is 0 Å². The minimum Gasteiger partial charge on any atom is -0.469 e. The number of ketones is 1. The van der Waals surface area contributed by atoms with Gasteiger partial charge in [-0.25, -0.2) is 0 Å². The molecule has 0 saturated carbocycles. The maximum atomic E-state index is 11.2. The third-order valence-corrected chi connectivity index (χ3v) is 1.93. The largest absolute Gasteiger partial charge is 0.469 e. The quantitative estimate of drug-likeness (QED) is 0.524. The van der Waals surface area contributed by atoms with Crippen molar-refractivity contribution in [2.75, 3.05) is 13.7 Å². The summed E-state index contributed by atoms with van der Waals surface area (Å²) in [5.41, 5.74) is -0.542. The zero-order valence-corrected chi connectivity index (χ0v) is 8.79. The number of aliphatic hydroxyl groups is 1. The van der Waals surface area contributed by atoms with Gasteiger partial charge in [-0.15, -0.1) is 0 Å². The van der Waals surface area contributed by atoms with Crippen molar-refractivity contribution in [1.82, 2.24) is 0 Å². The van der Waals surface area contributed by atoms with Crippen molar-refractivity contribution in [1.29, 1.82) is 0 Å². The van der Waals surface area contributed by atoms with Crippen LogP contribution in [0.1, 0.15) is 20.3 Å². The van der Waals surface area contributed by atoms with Gasteiger partial charge in [-0.1, -0.05) is 6.58 Å². The Hall–Kier alpha value is -1.16. The molecule has 0 fully saturated rings. The van der Waals surface area contributed by atoms with E-state index in [1.807, 2.05) is 0 Å². The number of aliphatic hydroxyl groups excluding tert-OH is 1. The van der Waals surface area contributed by atoms with Gasteiger partial charge < -0.3 is 9.84 Å². The molecule has 0 aliphatic rings. The first kappa shape index (κ1) is 12.8. The number of hydrogen-bond acceptors (Lipinski definition) is 4. The summed E-state index contributed by atoms with van der Waals surface area (Å²) < 4.78 is 4.58. The van der Waals surface area contributed by atoms with Gasteiger partial charge in [0.05, 0.1) is 12.5 Å². The fourth-order valence-electron chi connectivity index (χ4n) is 1.09. The first-order valence-electron chi connectivity index (χ1n) is 4.25. The predicted octanol–water partition coefficient (Wildman–Crippen LogP) is 0.693. The molecule has 0 aliphatic carbocycles. The fourth-order valence-corrected chi connectivity index (χ4v) is 1.09. The lowest BCUT2D eigenvalue weighted by Crippen LogP contribution is -2.27. The molecular weight excluding hydrogens is 184 g/mol. The highest BCUT2D eigenvalue weighted by molar-refractivity contribution is 5.96. The number of carbonyl (C=O) groups is 2. The highest BCUT2D eigenvalue weighted by Crippen LogP contribution is 2.26. The molecule has 0 unspecified atom stereocenters. The van der Waals surface area contributed by atoms with Gasteiger partial charge >= 0.3 is 5.97 Å². The topological polar surface area (TPSA) is 63.6 Å². The average Bonchev–Trinajstić information content (AvgIpc) is 2.14. The van der Waals surface area contributed by atoms with E-state index >= 15 is 0 Å². The third-order valence-electron chi connectivity index (χ3n) is 1.93. The Morgan fingerprint density at radius 2 is 1.93 bits per heavy atom. The first-order valence-corrected chi connectivity index (χ1v) is 4.25. The van der Waals surface area contributed by atoms with Crippen molar-refractivity contribution in [2.45, 2.75) is 20.3 Å². The van der Waals surface area contributed by atoms with Gasteiger partial charge in [0.15, 0.2) is 5.78 Å². The van der Waals surface area contributed by atoms with Crippen LogP contribution in [0.5, 0.6) is 0 Å². The van der Waals surface area contributed by atoms with E-state index < -0.39 is 23.8 Å². The lowest BCUT2D eigenvalue weighted by Gasteiger charge is -2.21. The normalized spacial score (nSPS) is 10.9. The summed E-state index contributed by atoms with van der Waals surface area (Å²) in [7, 11) is 1.29. The highest BCUT2D eigenvalue weighted by Gasteiger charge is 2.30. The third kappa shape index (κ3) is 3.30. The summed E-state index contributed by atoms with van der Waals surface area (Å²) >= 11 is 0. The van der Waals surface area contributed by atoms with E-state index in [1.165, 1.54) is 7.11 Å². The van der Waals surface area contributed by atoms with Crippen LogP contribution in [0.25, 0.3) is 0 Å². The number of methoxy groups -OCH3 is 1. The lowest BCUT2D eigenvalue weighted by atomic mass is 9.85. The van der Waals surface area contributed by atoms with Gasteiger partial charge in [-0.2, -0.15) is 0 Å². The summed E-state index contributed by atoms with van der Waals surface area (Å²) in [6.45, 7) is 6.26. The number of rotatable bonds is 5. The monoisotopic (exact) mass is 200 g/mol. The van der Waals surface area contributed by atoms with E-state index in [1.54, 1.807) is 13.8 Å². The van der Waals surface area contributed by atoms with E-state index in [4.69, 9.17) is 5.11 Å².